The summed E-state index contributed by atoms with van der Waals surface area (Å²) in [5.41, 5.74) is 2.19. The highest BCUT2D eigenvalue weighted by molar-refractivity contribution is 6.30. The van der Waals surface area contributed by atoms with Crippen LogP contribution in [0.25, 0.3) is 0 Å². The highest BCUT2D eigenvalue weighted by Gasteiger charge is 2.30. The number of nitrogens with zero attached hydrogens (tertiary/aromatic N) is 3. The lowest BCUT2D eigenvalue weighted by molar-refractivity contribution is -0.138. The predicted molar refractivity (Wildman–Crippen MR) is 142 cm³/mol. The first-order chi connectivity index (χ1) is 17.7. The van der Waals surface area contributed by atoms with E-state index < -0.39 is 5.97 Å². The Kier molecular flexibility index (Phi) is 8.51. The fourth-order valence-corrected chi connectivity index (χ4v) is 4.64. The number of ether oxygens (including phenoxy) is 1. The molecule has 0 amide bonds. The highest BCUT2D eigenvalue weighted by Crippen LogP contribution is 2.35. The summed E-state index contributed by atoms with van der Waals surface area (Å²) in [6.07, 6.45) is 3.78. The van der Waals surface area contributed by atoms with Crippen LogP contribution in [0.15, 0.2) is 64.3 Å². The van der Waals surface area contributed by atoms with Crippen LogP contribution in [0.3, 0.4) is 0 Å². The van der Waals surface area contributed by atoms with E-state index >= 15 is 0 Å². The smallest absolute Gasteiger partial charge is 0.330 e. The van der Waals surface area contributed by atoms with E-state index in [1.807, 2.05) is 37.3 Å². The number of hydrogen-bond donors (Lipinski definition) is 1. The predicted octanol–water partition coefficient (Wildman–Crippen LogP) is 4.02. The van der Waals surface area contributed by atoms with Crippen molar-refractivity contribution in [2.45, 2.75) is 45.3 Å². The van der Waals surface area contributed by atoms with E-state index in [2.05, 4.69) is 4.90 Å². The molecule has 8 nitrogen and oxygen atoms in total. The van der Waals surface area contributed by atoms with E-state index in [0.717, 1.165) is 40.6 Å². The van der Waals surface area contributed by atoms with Crippen molar-refractivity contribution >= 4 is 17.6 Å². The number of carboxylic acid groups (broad SMARTS) is 1. The quantitative estimate of drug-likeness (QED) is 0.384. The van der Waals surface area contributed by atoms with Crippen molar-refractivity contribution in [2.24, 2.45) is 13.0 Å². The van der Waals surface area contributed by atoms with Gasteiger partial charge in [0.2, 0.25) is 0 Å². The second-order valence-corrected chi connectivity index (χ2v) is 10.1. The second kappa shape index (κ2) is 11.8. The summed E-state index contributed by atoms with van der Waals surface area (Å²) < 4.78 is 8.40. The molecule has 3 aromatic rings. The first-order valence-electron chi connectivity index (χ1n) is 12.4. The third kappa shape index (κ3) is 7.11. The summed E-state index contributed by atoms with van der Waals surface area (Å²) in [4.78, 5) is 38.2. The molecule has 1 unspecified atom stereocenters. The number of carboxylic acids is 1. The topological polar surface area (TPSA) is 93.8 Å². The minimum absolute atomic E-state index is 0.00679. The lowest BCUT2D eigenvalue weighted by Crippen LogP contribution is -2.39. The summed E-state index contributed by atoms with van der Waals surface area (Å²) in [7, 11) is 1.60. The van der Waals surface area contributed by atoms with Gasteiger partial charge in [-0.1, -0.05) is 35.9 Å². The molecule has 0 bridgehead atoms. The van der Waals surface area contributed by atoms with Gasteiger partial charge in [-0.15, -0.1) is 0 Å². The van der Waals surface area contributed by atoms with Crippen LogP contribution in [0, 0.1) is 12.8 Å². The average molecular weight is 526 g/mol. The van der Waals surface area contributed by atoms with Crippen molar-refractivity contribution in [1.29, 1.82) is 0 Å². The average Bonchev–Trinajstić information content (AvgIpc) is 3.68. The van der Waals surface area contributed by atoms with E-state index in [0.29, 0.717) is 23.2 Å². The molecule has 0 saturated heterocycles. The van der Waals surface area contributed by atoms with Gasteiger partial charge in [0.25, 0.3) is 5.56 Å². The van der Waals surface area contributed by atoms with Gasteiger partial charge in [0, 0.05) is 43.5 Å². The number of hydrogen-bond acceptors (Lipinski definition) is 5. The van der Waals surface area contributed by atoms with Crippen LogP contribution >= 0.6 is 11.6 Å². The van der Waals surface area contributed by atoms with Gasteiger partial charge in [-0.3, -0.25) is 19.1 Å². The van der Waals surface area contributed by atoms with E-state index in [1.54, 1.807) is 19.2 Å². The molecule has 1 saturated carbocycles. The standard InChI is InChI=1S/C28H32ClN3O5/c1-19-15-21(5-10-25(19)37-14-13-32-26(33)11-12-30(2)28(32)36)18-31(17-20-3-4-20)24(16-27(34)35)22-6-8-23(29)9-7-22/h5-12,15,20,24H,3-4,13-14,16-18H2,1-2H3,(H,34,35). The minimum atomic E-state index is -0.840. The molecule has 0 radical (unpaired) electrons. The van der Waals surface area contributed by atoms with Crippen LogP contribution in [0.1, 0.15) is 42.0 Å². The number of rotatable bonds is 12. The van der Waals surface area contributed by atoms with E-state index in [4.69, 9.17) is 16.3 Å². The Morgan fingerprint density at radius 3 is 2.54 bits per heavy atom. The highest BCUT2D eigenvalue weighted by atomic mass is 35.5. The molecule has 1 atom stereocenters. The van der Waals surface area contributed by atoms with Crippen molar-refractivity contribution in [3.05, 3.63) is 97.3 Å². The molecule has 4 rings (SSSR count). The molecule has 2 aromatic carbocycles. The van der Waals surface area contributed by atoms with Crippen molar-refractivity contribution in [3.63, 3.8) is 0 Å². The van der Waals surface area contributed by atoms with Crippen LogP contribution in [0.4, 0.5) is 0 Å². The van der Waals surface area contributed by atoms with E-state index in [-0.39, 0.29) is 36.9 Å². The van der Waals surface area contributed by atoms with E-state index in [1.165, 1.54) is 16.8 Å². The lowest BCUT2D eigenvalue weighted by atomic mass is 10.00. The molecular formula is C28H32ClN3O5. The van der Waals surface area contributed by atoms with Crippen molar-refractivity contribution in [3.8, 4) is 5.75 Å². The molecular weight excluding hydrogens is 494 g/mol. The maximum atomic E-state index is 12.2. The zero-order chi connectivity index (χ0) is 26.5. The van der Waals surface area contributed by atoms with Gasteiger partial charge in [-0.25, -0.2) is 4.79 Å². The summed E-state index contributed by atoms with van der Waals surface area (Å²) in [6, 6.07) is 14.4. The first-order valence-corrected chi connectivity index (χ1v) is 12.8. The van der Waals surface area contributed by atoms with Gasteiger partial charge in [-0.2, -0.15) is 0 Å². The van der Waals surface area contributed by atoms with Gasteiger partial charge in [0.1, 0.15) is 12.4 Å². The third-order valence-corrected chi connectivity index (χ3v) is 6.94. The van der Waals surface area contributed by atoms with Crippen molar-refractivity contribution < 1.29 is 14.6 Å². The molecule has 1 aliphatic rings. The number of aromatic nitrogens is 2. The molecule has 196 valence electrons. The molecule has 37 heavy (non-hydrogen) atoms. The van der Waals surface area contributed by atoms with Crippen LogP contribution in [0.5, 0.6) is 5.75 Å². The lowest BCUT2D eigenvalue weighted by Gasteiger charge is -2.32. The number of aliphatic carboxylic acids is 1. The zero-order valence-electron chi connectivity index (χ0n) is 21.1. The Morgan fingerprint density at radius 1 is 1.16 bits per heavy atom. The van der Waals surface area contributed by atoms with Gasteiger partial charge < -0.3 is 14.4 Å². The summed E-state index contributed by atoms with van der Waals surface area (Å²) in [5.74, 6) is 0.424. The number of benzene rings is 2. The second-order valence-electron chi connectivity index (χ2n) is 9.69. The molecule has 1 heterocycles. The Morgan fingerprint density at radius 2 is 1.89 bits per heavy atom. The Balaban J connectivity index is 1.48. The maximum Gasteiger partial charge on any atom is 0.330 e. The van der Waals surface area contributed by atoms with Gasteiger partial charge >= 0.3 is 11.7 Å². The molecule has 0 aliphatic heterocycles. The SMILES string of the molecule is Cc1cc(CN(CC2CC2)C(CC(=O)O)c2ccc(Cl)cc2)ccc1OCCn1c(=O)ccn(C)c1=O. The third-order valence-electron chi connectivity index (χ3n) is 6.69. The van der Waals surface area contributed by atoms with Gasteiger partial charge in [0.15, 0.2) is 0 Å². The van der Waals surface area contributed by atoms with Gasteiger partial charge in [-0.05, 0) is 60.6 Å². The summed E-state index contributed by atoms with van der Waals surface area (Å²) in [6.45, 7) is 3.73. The Labute approximate surface area is 220 Å². The van der Waals surface area contributed by atoms with Crippen LogP contribution in [-0.2, 0) is 24.9 Å². The van der Waals surface area contributed by atoms with E-state index in [9.17, 15) is 19.5 Å². The zero-order valence-corrected chi connectivity index (χ0v) is 21.9. The molecule has 0 spiro atoms. The van der Waals surface area contributed by atoms with Crippen LogP contribution in [0.2, 0.25) is 5.02 Å². The van der Waals surface area contributed by atoms with Gasteiger partial charge in [0.05, 0.1) is 13.0 Å². The fourth-order valence-electron chi connectivity index (χ4n) is 4.52. The normalized spacial score (nSPS) is 14.1. The molecule has 9 heteroatoms. The first kappa shape index (κ1) is 26.7. The maximum absolute atomic E-state index is 12.2. The van der Waals surface area contributed by atoms with Crippen LogP contribution in [-0.4, -0.2) is 38.3 Å². The number of carbonyl (C=O) groups is 1. The summed E-state index contributed by atoms with van der Waals surface area (Å²) >= 11 is 6.08. The molecule has 1 N–H and O–H groups in total. The Bertz CT molecular complexity index is 1360. The minimum Gasteiger partial charge on any atom is -0.491 e. The molecule has 1 fully saturated rings. The largest absolute Gasteiger partial charge is 0.491 e. The fraction of sp³-hybridized carbons (Fsp3) is 0.393. The van der Waals surface area contributed by atoms with Crippen molar-refractivity contribution in [1.82, 2.24) is 14.0 Å². The monoisotopic (exact) mass is 525 g/mol. The number of aryl methyl sites for hydroxylation is 2. The Hall–Kier alpha value is -3.36. The molecule has 1 aromatic heterocycles. The summed E-state index contributed by atoms with van der Waals surface area (Å²) in [5, 5.41) is 10.3. The number of halogens is 1. The van der Waals surface area contributed by atoms with Crippen molar-refractivity contribution in [2.75, 3.05) is 13.2 Å². The van der Waals surface area contributed by atoms with Crippen LogP contribution < -0.4 is 16.0 Å². The molecule has 1 aliphatic carbocycles.